The topological polar surface area (TPSA) is 70.6 Å². The van der Waals surface area contributed by atoms with Gasteiger partial charge in [0.15, 0.2) is 15.8 Å². The number of guanidine groups is 1. The molecule has 0 aliphatic heterocycles. The van der Waals surface area contributed by atoms with Gasteiger partial charge in [0.05, 0.1) is 17.0 Å². The van der Waals surface area contributed by atoms with Crippen LogP contribution in [0.1, 0.15) is 38.8 Å². The first kappa shape index (κ1) is 21.8. The highest BCUT2D eigenvalue weighted by Crippen LogP contribution is 2.22. The van der Waals surface area contributed by atoms with Gasteiger partial charge in [0.2, 0.25) is 0 Å². The molecule has 0 aromatic heterocycles. The first-order chi connectivity index (χ1) is 11.6. The lowest BCUT2D eigenvalue weighted by atomic mass is 10.1. The van der Waals surface area contributed by atoms with Crippen molar-refractivity contribution in [2.45, 2.75) is 50.8 Å². The zero-order valence-electron chi connectivity index (χ0n) is 16.1. The summed E-state index contributed by atoms with van der Waals surface area (Å²) >= 11 is 1.71. The number of aliphatic imine (C=N–C) groups is 1. The van der Waals surface area contributed by atoms with Crippen LogP contribution in [0.5, 0.6) is 0 Å². The fourth-order valence-electron chi connectivity index (χ4n) is 2.10. The number of rotatable bonds is 7. The van der Waals surface area contributed by atoms with Crippen molar-refractivity contribution in [3.8, 4) is 0 Å². The molecular formula is C18H31N3O2S2. The summed E-state index contributed by atoms with van der Waals surface area (Å²) in [5.41, 5.74) is 2.40. The van der Waals surface area contributed by atoms with Gasteiger partial charge < -0.3 is 10.6 Å². The van der Waals surface area contributed by atoms with Crippen LogP contribution in [-0.2, 0) is 16.4 Å². The molecule has 0 spiro atoms. The Balaban J connectivity index is 2.75. The third-order valence-electron chi connectivity index (χ3n) is 3.79. The molecule has 1 rings (SSSR count). The molecule has 0 unspecified atom stereocenters. The number of nitrogens with one attached hydrogen (secondary N) is 2. The highest BCUT2D eigenvalue weighted by atomic mass is 32.2. The summed E-state index contributed by atoms with van der Waals surface area (Å²) in [7, 11) is -3.14. The molecule has 0 aliphatic rings. The highest BCUT2D eigenvalue weighted by Gasteiger charge is 2.28. The standard InChI is InChI=1S/C18H31N3O2S2/c1-7-19-17(20-10-11-25(22,23)18(3,4)5)21-13-15-9-8-14(2)12-16(15)24-6/h8-9,12H,7,10-11,13H2,1-6H3,(H2,19,20,21). The van der Waals surface area contributed by atoms with Gasteiger partial charge in [-0.2, -0.15) is 0 Å². The van der Waals surface area contributed by atoms with Gasteiger partial charge in [-0.15, -0.1) is 11.8 Å². The van der Waals surface area contributed by atoms with Crippen molar-refractivity contribution in [3.63, 3.8) is 0 Å². The molecule has 0 aliphatic carbocycles. The van der Waals surface area contributed by atoms with Gasteiger partial charge in [-0.1, -0.05) is 12.1 Å². The Bertz CT molecular complexity index is 693. The van der Waals surface area contributed by atoms with Gasteiger partial charge in [0.1, 0.15) is 0 Å². The molecule has 1 aromatic rings. The van der Waals surface area contributed by atoms with Crippen LogP contribution in [0.3, 0.4) is 0 Å². The second kappa shape index (κ2) is 9.48. The average Bonchev–Trinajstić information content (AvgIpc) is 2.52. The van der Waals surface area contributed by atoms with E-state index in [0.717, 1.165) is 12.1 Å². The smallest absolute Gasteiger partial charge is 0.191 e. The van der Waals surface area contributed by atoms with Crippen LogP contribution < -0.4 is 10.6 Å². The van der Waals surface area contributed by atoms with Crippen molar-refractivity contribution < 1.29 is 8.42 Å². The van der Waals surface area contributed by atoms with E-state index in [1.54, 1.807) is 32.5 Å². The third-order valence-corrected chi connectivity index (χ3v) is 7.22. The number of benzene rings is 1. The van der Waals surface area contributed by atoms with Gasteiger partial charge in [0.25, 0.3) is 0 Å². The number of sulfone groups is 1. The molecular weight excluding hydrogens is 354 g/mol. The summed E-state index contributed by atoms with van der Waals surface area (Å²) in [6, 6.07) is 6.34. The predicted octanol–water partition coefficient (Wildman–Crippen LogP) is 2.99. The van der Waals surface area contributed by atoms with E-state index >= 15 is 0 Å². The minimum atomic E-state index is -3.14. The first-order valence-electron chi connectivity index (χ1n) is 8.48. The van der Waals surface area contributed by atoms with E-state index in [1.165, 1.54) is 10.5 Å². The van der Waals surface area contributed by atoms with Crippen LogP contribution in [0.15, 0.2) is 28.1 Å². The zero-order chi connectivity index (χ0) is 19.1. The summed E-state index contributed by atoms with van der Waals surface area (Å²) in [4.78, 5) is 5.81. The average molecular weight is 386 g/mol. The van der Waals surface area contributed by atoms with Crippen LogP contribution in [0, 0.1) is 6.92 Å². The Kier molecular flexibility index (Phi) is 8.28. The fraction of sp³-hybridized carbons (Fsp3) is 0.611. The predicted molar refractivity (Wildman–Crippen MR) is 109 cm³/mol. The molecule has 1 aromatic carbocycles. The minimum absolute atomic E-state index is 0.0848. The summed E-state index contributed by atoms with van der Waals surface area (Å²) in [5, 5.41) is 6.28. The van der Waals surface area contributed by atoms with Gasteiger partial charge in [-0.3, -0.25) is 0 Å². The van der Waals surface area contributed by atoms with Crippen LogP contribution in [0.2, 0.25) is 0 Å². The number of nitrogens with zero attached hydrogens (tertiary/aromatic N) is 1. The van der Waals surface area contributed by atoms with E-state index in [1.807, 2.05) is 6.92 Å². The fourth-order valence-corrected chi connectivity index (χ4v) is 3.78. The van der Waals surface area contributed by atoms with Crippen molar-refractivity contribution in [2.75, 3.05) is 25.1 Å². The summed E-state index contributed by atoms with van der Waals surface area (Å²) in [6.45, 7) is 10.9. The van der Waals surface area contributed by atoms with Crippen LogP contribution in [-0.4, -0.2) is 44.2 Å². The maximum Gasteiger partial charge on any atom is 0.191 e. The Labute approximate surface area is 157 Å². The Morgan fingerprint density at radius 3 is 2.48 bits per heavy atom. The number of thioether (sulfide) groups is 1. The van der Waals surface area contributed by atoms with Gasteiger partial charge >= 0.3 is 0 Å². The monoisotopic (exact) mass is 385 g/mol. The molecule has 0 heterocycles. The highest BCUT2D eigenvalue weighted by molar-refractivity contribution is 7.98. The molecule has 0 radical (unpaired) electrons. The maximum atomic E-state index is 12.2. The third kappa shape index (κ3) is 6.90. The van der Waals surface area contributed by atoms with Crippen molar-refractivity contribution in [1.82, 2.24) is 10.6 Å². The molecule has 0 bridgehead atoms. The normalized spacial score (nSPS) is 13.0. The van der Waals surface area contributed by atoms with Crippen molar-refractivity contribution in [2.24, 2.45) is 4.99 Å². The molecule has 0 saturated carbocycles. The minimum Gasteiger partial charge on any atom is -0.357 e. The molecule has 142 valence electrons. The van der Waals surface area contributed by atoms with Crippen LogP contribution in [0.25, 0.3) is 0 Å². The van der Waals surface area contributed by atoms with E-state index in [4.69, 9.17) is 0 Å². The van der Waals surface area contributed by atoms with Gasteiger partial charge in [-0.25, -0.2) is 13.4 Å². The van der Waals surface area contributed by atoms with Crippen LogP contribution in [0.4, 0.5) is 0 Å². The Morgan fingerprint density at radius 2 is 1.92 bits per heavy atom. The maximum absolute atomic E-state index is 12.2. The molecule has 5 nitrogen and oxygen atoms in total. The molecule has 0 atom stereocenters. The molecule has 0 amide bonds. The second-order valence-corrected chi connectivity index (χ2v) is 10.6. The number of aryl methyl sites for hydroxylation is 1. The Morgan fingerprint density at radius 1 is 1.24 bits per heavy atom. The number of hydrogen-bond donors (Lipinski definition) is 2. The van der Waals surface area contributed by atoms with E-state index in [0.29, 0.717) is 19.0 Å². The SMILES string of the molecule is CCNC(=NCc1ccc(C)cc1SC)NCCS(=O)(=O)C(C)(C)C. The summed E-state index contributed by atoms with van der Waals surface area (Å²) < 4.78 is 23.6. The molecule has 2 N–H and O–H groups in total. The lowest BCUT2D eigenvalue weighted by Crippen LogP contribution is -2.41. The zero-order valence-corrected chi connectivity index (χ0v) is 17.8. The molecule has 7 heteroatoms. The van der Waals surface area contributed by atoms with Crippen molar-refractivity contribution in [3.05, 3.63) is 29.3 Å². The largest absolute Gasteiger partial charge is 0.357 e. The van der Waals surface area contributed by atoms with E-state index in [9.17, 15) is 8.42 Å². The lowest BCUT2D eigenvalue weighted by Gasteiger charge is -2.19. The summed E-state index contributed by atoms with van der Waals surface area (Å²) in [5.74, 6) is 0.723. The van der Waals surface area contributed by atoms with E-state index in [-0.39, 0.29) is 5.75 Å². The van der Waals surface area contributed by atoms with Gasteiger partial charge in [0, 0.05) is 18.0 Å². The van der Waals surface area contributed by atoms with Gasteiger partial charge in [-0.05, 0) is 58.1 Å². The lowest BCUT2D eigenvalue weighted by molar-refractivity contribution is 0.559. The Hall–Kier alpha value is -1.21. The second-order valence-electron chi connectivity index (χ2n) is 6.87. The summed E-state index contributed by atoms with van der Waals surface area (Å²) in [6.07, 6.45) is 2.06. The molecule has 0 fully saturated rings. The number of hydrogen-bond acceptors (Lipinski definition) is 4. The molecule has 0 saturated heterocycles. The van der Waals surface area contributed by atoms with E-state index < -0.39 is 14.6 Å². The van der Waals surface area contributed by atoms with E-state index in [2.05, 4.69) is 47.0 Å². The van der Waals surface area contributed by atoms with Crippen molar-refractivity contribution in [1.29, 1.82) is 0 Å². The first-order valence-corrected chi connectivity index (χ1v) is 11.4. The molecule has 25 heavy (non-hydrogen) atoms. The van der Waals surface area contributed by atoms with Crippen molar-refractivity contribution >= 4 is 27.6 Å². The van der Waals surface area contributed by atoms with Crippen LogP contribution >= 0.6 is 11.8 Å². The quantitative estimate of drug-likeness (QED) is 0.429.